The number of unbranched alkanes of at least 4 members (excludes halogenated alkanes) is 12. The summed E-state index contributed by atoms with van der Waals surface area (Å²) in [5, 5.41) is 4.17. The maximum absolute atomic E-state index is 13.0. The summed E-state index contributed by atoms with van der Waals surface area (Å²) in [6.45, 7) is 9.74. The predicted molar refractivity (Wildman–Crippen MR) is 201 cm³/mol. The molecule has 0 radical (unpaired) electrons. The van der Waals surface area contributed by atoms with Gasteiger partial charge in [-0.2, -0.15) is 11.8 Å². The van der Waals surface area contributed by atoms with Crippen molar-refractivity contribution in [2.24, 2.45) is 5.11 Å². The summed E-state index contributed by atoms with van der Waals surface area (Å²) < 4.78 is 37.3. The number of nitrogens with one attached hydrogen (secondary N) is 1. The summed E-state index contributed by atoms with van der Waals surface area (Å²) in [7, 11) is -4.54. The van der Waals surface area contributed by atoms with Gasteiger partial charge < -0.3 is 14.4 Å². The molecule has 7 unspecified atom stereocenters. The monoisotopic (exact) mass is 745 g/mol. The van der Waals surface area contributed by atoms with Crippen LogP contribution in [-0.4, -0.2) is 63.0 Å². The van der Waals surface area contributed by atoms with Gasteiger partial charge in [0, 0.05) is 34.1 Å². The van der Waals surface area contributed by atoms with Crippen LogP contribution in [0.25, 0.3) is 10.4 Å². The first-order valence-electron chi connectivity index (χ1n) is 18.9. The van der Waals surface area contributed by atoms with E-state index in [1.807, 2.05) is 6.92 Å². The van der Waals surface area contributed by atoms with Crippen molar-refractivity contribution in [1.29, 1.82) is 0 Å². The van der Waals surface area contributed by atoms with Gasteiger partial charge in [0.2, 0.25) is 0 Å². The quantitative estimate of drug-likeness (QED) is 0.0266. The molecule has 1 aliphatic rings. The van der Waals surface area contributed by atoms with Crippen LogP contribution in [0.3, 0.4) is 0 Å². The second kappa shape index (κ2) is 25.4. The Hall–Kier alpha value is -1.63. The number of H-pyrrole nitrogens is 1. The molecule has 1 aromatic heterocycles. The third-order valence-electron chi connectivity index (χ3n) is 9.11. The number of aromatic amines is 1. The van der Waals surface area contributed by atoms with Crippen LogP contribution < -0.4 is 11.2 Å². The lowest BCUT2D eigenvalue weighted by Crippen LogP contribution is -2.33. The predicted octanol–water partition coefficient (Wildman–Crippen LogP) is 9.12. The molecule has 0 saturated carbocycles. The van der Waals surface area contributed by atoms with Crippen LogP contribution in [0, 0.1) is 6.92 Å². The number of phosphoric ester groups is 1. The molecule has 0 bridgehead atoms. The first kappa shape index (κ1) is 44.5. The number of aryl methyl sites for hydroxylation is 1. The van der Waals surface area contributed by atoms with E-state index in [4.69, 9.17) is 24.1 Å². The van der Waals surface area contributed by atoms with Crippen LogP contribution in [0.1, 0.15) is 149 Å². The van der Waals surface area contributed by atoms with E-state index >= 15 is 0 Å². The minimum Gasteiger partial charge on any atom is -0.372 e. The Morgan fingerprint density at radius 2 is 1.62 bits per heavy atom. The van der Waals surface area contributed by atoms with Crippen molar-refractivity contribution in [3.63, 3.8) is 0 Å². The molecule has 1 fully saturated rings. The lowest BCUT2D eigenvalue weighted by atomic mass is 10.1. The molecule has 50 heavy (non-hydrogen) atoms. The van der Waals surface area contributed by atoms with E-state index in [0.29, 0.717) is 16.6 Å². The highest BCUT2D eigenvalue weighted by molar-refractivity contribution is 7.99. The number of hydrogen-bond donors (Lipinski definition) is 2. The largest absolute Gasteiger partial charge is 0.472 e. The first-order valence-corrected chi connectivity index (χ1v) is 21.4. The second-order valence-electron chi connectivity index (χ2n) is 13.7. The minimum atomic E-state index is -4.54. The number of ether oxygens (including phenoxy) is 2. The highest BCUT2D eigenvalue weighted by Crippen LogP contribution is 2.45. The molecule has 1 aromatic rings. The number of rotatable bonds is 29. The van der Waals surface area contributed by atoms with Crippen LogP contribution in [-0.2, 0) is 23.1 Å². The summed E-state index contributed by atoms with van der Waals surface area (Å²) in [6.07, 6.45) is 18.8. The van der Waals surface area contributed by atoms with Gasteiger partial charge in [-0.05, 0) is 32.2 Å². The van der Waals surface area contributed by atoms with Crippen LogP contribution >= 0.6 is 19.6 Å². The Morgan fingerprint density at radius 3 is 2.24 bits per heavy atom. The van der Waals surface area contributed by atoms with E-state index in [1.54, 1.807) is 18.7 Å². The number of aromatic nitrogens is 2. The number of phosphoric acid groups is 1. The molecule has 7 atom stereocenters. The Morgan fingerprint density at radius 1 is 1.02 bits per heavy atom. The Balaban J connectivity index is 1.92. The molecule has 1 aliphatic heterocycles. The molecule has 0 aromatic carbocycles. The van der Waals surface area contributed by atoms with Gasteiger partial charge in [-0.1, -0.05) is 116 Å². The Labute approximate surface area is 303 Å². The minimum absolute atomic E-state index is 0.0224. The van der Waals surface area contributed by atoms with E-state index in [2.05, 4.69) is 35.8 Å². The SMILES string of the molecule is CCCCCCCCCCC(C)SCC(COP(=O)(O)OCC1OC(n2cc(C)c(=O)[nH]c2=O)CC1N=[N+]=[N-])OC(C)CCCCCCCC. The van der Waals surface area contributed by atoms with Crippen LogP contribution in [0.5, 0.6) is 0 Å². The number of nitrogens with zero attached hydrogens (tertiary/aromatic N) is 4. The van der Waals surface area contributed by atoms with E-state index in [0.717, 1.165) is 25.7 Å². The van der Waals surface area contributed by atoms with Gasteiger partial charge in [0.1, 0.15) is 6.23 Å². The normalized spacial score (nSPS) is 20.6. The van der Waals surface area contributed by atoms with E-state index < -0.39 is 50.2 Å². The van der Waals surface area contributed by atoms with Crippen molar-refractivity contribution in [3.8, 4) is 0 Å². The van der Waals surface area contributed by atoms with Crippen LogP contribution in [0.2, 0.25) is 0 Å². The highest BCUT2D eigenvalue weighted by Gasteiger charge is 2.38. The Kier molecular flexibility index (Phi) is 22.6. The second-order valence-corrected chi connectivity index (χ2v) is 16.6. The molecule has 0 amide bonds. The van der Waals surface area contributed by atoms with Gasteiger partial charge in [0.15, 0.2) is 0 Å². The van der Waals surface area contributed by atoms with E-state index in [9.17, 15) is 19.0 Å². The maximum Gasteiger partial charge on any atom is 0.472 e. The molecule has 1 saturated heterocycles. The lowest BCUT2D eigenvalue weighted by molar-refractivity contribution is -0.0384. The van der Waals surface area contributed by atoms with Gasteiger partial charge in [0.05, 0.1) is 37.6 Å². The zero-order valence-corrected chi connectivity index (χ0v) is 32.8. The molecule has 0 aliphatic carbocycles. The number of thioether (sulfide) groups is 1. The lowest BCUT2D eigenvalue weighted by Gasteiger charge is -2.25. The maximum atomic E-state index is 13.0. The fourth-order valence-corrected chi connectivity index (χ4v) is 7.88. The topological polar surface area (TPSA) is 178 Å². The van der Waals surface area contributed by atoms with Crippen LogP contribution in [0.15, 0.2) is 20.9 Å². The molecule has 0 spiro atoms. The van der Waals surface area contributed by atoms with Gasteiger partial charge in [-0.15, -0.1) is 0 Å². The molecular formula is C35H64N5O8PS. The average Bonchev–Trinajstić information content (AvgIpc) is 3.48. The molecule has 2 heterocycles. The van der Waals surface area contributed by atoms with Gasteiger partial charge in [0.25, 0.3) is 5.56 Å². The van der Waals surface area contributed by atoms with Crippen molar-refractivity contribution >= 4 is 19.6 Å². The first-order chi connectivity index (χ1) is 24.0. The molecule has 2 rings (SSSR count). The number of azide groups is 1. The van der Waals surface area contributed by atoms with Gasteiger partial charge in [-0.25, -0.2) is 9.36 Å². The third-order valence-corrected chi connectivity index (χ3v) is 11.4. The molecule has 15 heteroatoms. The molecule has 13 nitrogen and oxygen atoms in total. The summed E-state index contributed by atoms with van der Waals surface area (Å²) >= 11 is 1.80. The summed E-state index contributed by atoms with van der Waals surface area (Å²) in [4.78, 5) is 39.9. The highest BCUT2D eigenvalue weighted by atomic mass is 32.2. The summed E-state index contributed by atoms with van der Waals surface area (Å²) in [5.41, 5.74) is 8.20. The third kappa shape index (κ3) is 18.2. The fourth-order valence-electron chi connectivity index (χ4n) is 6.06. The smallest absolute Gasteiger partial charge is 0.372 e. The van der Waals surface area contributed by atoms with Gasteiger partial charge >= 0.3 is 13.5 Å². The summed E-state index contributed by atoms with van der Waals surface area (Å²) in [6, 6.07) is -0.776. The standard InChI is InChI=1S/C35H64N5O8PS/c1-6-8-10-12-14-15-17-19-21-29(5)50-26-30(47-28(4)20-18-16-13-11-9-7-2)24-45-49(43,44)46-25-32-31(38-39-36)22-33(48-32)40-23-27(3)34(41)37-35(40)42/h23,28-33H,6-22,24-26H2,1-5H3,(H,43,44)(H,37,41,42). The molecule has 2 N–H and O–H groups in total. The fraction of sp³-hybridized carbons (Fsp3) is 0.886. The Bertz CT molecular complexity index is 1290. The zero-order valence-electron chi connectivity index (χ0n) is 31.1. The number of hydrogen-bond acceptors (Lipinski definition) is 9. The average molecular weight is 746 g/mol. The zero-order chi connectivity index (χ0) is 36.8. The molecular weight excluding hydrogens is 681 g/mol. The van der Waals surface area contributed by atoms with Crippen molar-refractivity contribution in [2.75, 3.05) is 19.0 Å². The van der Waals surface area contributed by atoms with E-state index in [-0.39, 0.29) is 19.1 Å². The summed E-state index contributed by atoms with van der Waals surface area (Å²) in [5.74, 6) is 0.624. The van der Waals surface area contributed by atoms with Crippen molar-refractivity contribution < 1.29 is 28.0 Å². The van der Waals surface area contributed by atoms with E-state index in [1.165, 1.54) is 87.8 Å². The van der Waals surface area contributed by atoms with Crippen molar-refractivity contribution in [2.45, 2.75) is 180 Å². The molecule has 288 valence electrons. The van der Waals surface area contributed by atoms with Crippen LogP contribution in [0.4, 0.5) is 0 Å². The van der Waals surface area contributed by atoms with Crippen molar-refractivity contribution in [1.82, 2.24) is 9.55 Å². The van der Waals surface area contributed by atoms with Crippen molar-refractivity contribution in [3.05, 3.63) is 43.0 Å². The van der Waals surface area contributed by atoms with Gasteiger partial charge in [-0.3, -0.25) is 23.4 Å².